The van der Waals surface area contributed by atoms with Gasteiger partial charge in [-0.2, -0.15) is 0 Å². The molecule has 3 aromatic rings. The number of hydrogen-bond acceptors (Lipinski definition) is 4. The lowest BCUT2D eigenvalue weighted by molar-refractivity contribution is 0.0612. The zero-order valence-electron chi connectivity index (χ0n) is 18.4. The number of aliphatic hydroxyl groups is 1. The van der Waals surface area contributed by atoms with Gasteiger partial charge in [0.05, 0.1) is 6.20 Å². The first-order chi connectivity index (χ1) is 15.4. The summed E-state index contributed by atoms with van der Waals surface area (Å²) < 4.78 is 16.5. The summed E-state index contributed by atoms with van der Waals surface area (Å²) in [5.41, 5.74) is 5.65. The van der Waals surface area contributed by atoms with Gasteiger partial charge in [0.25, 0.3) is 5.91 Å². The fraction of sp³-hybridized carbons (Fsp3) is 0.400. The summed E-state index contributed by atoms with van der Waals surface area (Å²) in [7, 11) is 1.77. The van der Waals surface area contributed by atoms with Gasteiger partial charge in [-0.25, -0.2) is 4.39 Å². The highest BCUT2D eigenvalue weighted by atomic mass is 19.1. The fourth-order valence-corrected chi connectivity index (χ4v) is 5.19. The van der Waals surface area contributed by atoms with Crippen molar-refractivity contribution in [1.29, 1.82) is 0 Å². The Bertz CT molecular complexity index is 1190. The number of aliphatic hydroxyl groups excluding tert-OH is 1. The molecule has 2 heterocycles. The number of amides is 1. The van der Waals surface area contributed by atoms with E-state index < -0.39 is 0 Å². The van der Waals surface area contributed by atoms with E-state index in [2.05, 4.69) is 16.4 Å². The van der Waals surface area contributed by atoms with Crippen LogP contribution in [0.25, 0.3) is 11.3 Å². The van der Waals surface area contributed by atoms with Gasteiger partial charge < -0.3 is 10.0 Å². The molecular formula is C25H27FN4O2. The summed E-state index contributed by atoms with van der Waals surface area (Å²) in [5.74, 6) is -0.0986. The van der Waals surface area contributed by atoms with E-state index in [4.69, 9.17) is 0 Å². The molecule has 1 amide bonds. The standard InChI is InChI=1S/C25H27FN4O2/c1-15-8-20-12-30(24-5-3-4-18(24)14-31)25(32)21(20)10-19(15)9-16-6-7-17(11-22(16)26)23-13-29(2)28-27-23/h6-8,10-11,13,18,24,31H,3-5,9,12,14H2,1-2H3/t18-,24+/m1/s1. The minimum Gasteiger partial charge on any atom is -0.396 e. The van der Waals surface area contributed by atoms with Crippen molar-refractivity contribution in [3.05, 3.63) is 70.2 Å². The molecular weight excluding hydrogens is 407 g/mol. The molecule has 1 fully saturated rings. The Morgan fingerprint density at radius 1 is 1.19 bits per heavy atom. The number of nitrogens with zero attached hydrogens (tertiary/aromatic N) is 4. The molecule has 1 saturated carbocycles. The minimum absolute atomic E-state index is 0.0325. The summed E-state index contributed by atoms with van der Waals surface area (Å²) in [4.78, 5) is 15.1. The molecule has 166 valence electrons. The molecule has 6 nitrogen and oxygen atoms in total. The van der Waals surface area contributed by atoms with E-state index in [9.17, 15) is 14.3 Å². The number of halogens is 1. The molecule has 0 spiro atoms. The van der Waals surface area contributed by atoms with Crippen LogP contribution >= 0.6 is 0 Å². The number of rotatable bonds is 5. The molecule has 1 aromatic heterocycles. The number of aryl methyl sites for hydroxylation is 2. The normalized spacial score (nSPS) is 20.2. The number of hydrogen-bond donors (Lipinski definition) is 1. The predicted octanol–water partition coefficient (Wildman–Crippen LogP) is 3.64. The summed E-state index contributed by atoms with van der Waals surface area (Å²) in [6.07, 6.45) is 5.13. The summed E-state index contributed by atoms with van der Waals surface area (Å²) in [5, 5.41) is 17.6. The molecule has 7 heteroatoms. The first-order valence-corrected chi connectivity index (χ1v) is 11.1. The van der Waals surface area contributed by atoms with Crippen LogP contribution in [-0.2, 0) is 20.0 Å². The summed E-state index contributed by atoms with van der Waals surface area (Å²) >= 11 is 0. The minimum atomic E-state index is -0.294. The molecule has 1 N–H and O–H groups in total. The molecule has 0 bridgehead atoms. The van der Waals surface area contributed by atoms with Crippen LogP contribution in [0.4, 0.5) is 4.39 Å². The molecule has 2 aliphatic rings. The monoisotopic (exact) mass is 434 g/mol. The number of aromatic nitrogens is 3. The Kier molecular flexibility index (Phi) is 5.29. The molecule has 1 aliphatic carbocycles. The smallest absolute Gasteiger partial charge is 0.254 e. The third-order valence-corrected chi connectivity index (χ3v) is 6.98. The third-order valence-electron chi connectivity index (χ3n) is 6.98. The van der Waals surface area contributed by atoms with E-state index in [0.717, 1.165) is 36.0 Å². The molecule has 0 unspecified atom stereocenters. The Morgan fingerprint density at radius 3 is 2.75 bits per heavy atom. The lowest BCUT2D eigenvalue weighted by Gasteiger charge is -2.28. The van der Waals surface area contributed by atoms with Crippen LogP contribution in [0, 0.1) is 18.7 Å². The number of fused-ring (bicyclic) bond motifs is 1. The SMILES string of the molecule is Cc1cc2c(cc1Cc1ccc(-c3cn(C)nn3)cc1F)C(=O)N([C@H]1CCC[C@@H]1CO)C2. The molecule has 32 heavy (non-hydrogen) atoms. The Labute approximate surface area is 186 Å². The van der Waals surface area contributed by atoms with E-state index >= 15 is 0 Å². The highest BCUT2D eigenvalue weighted by molar-refractivity contribution is 5.99. The quantitative estimate of drug-likeness (QED) is 0.666. The van der Waals surface area contributed by atoms with Gasteiger partial charge >= 0.3 is 0 Å². The Hall–Kier alpha value is -3.06. The molecule has 0 radical (unpaired) electrons. The largest absolute Gasteiger partial charge is 0.396 e. The molecule has 1 aliphatic heterocycles. The van der Waals surface area contributed by atoms with Crippen molar-refractivity contribution in [2.75, 3.05) is 6.61 Å². The fourth-order valence-electron chi connectivity index (χ4n) is 5.19. The van der Waals surface area contributed by atoms with Crippen molar-refractivity contribution in [3.63, 3.8) is 0 Å². The van der Waals surface area contributed by atoms with Gasteiger partial charge in [-0.1, -0.05) is 29.8 Å². The van der Waals surface area contributed by atoms with E-state index in [1.54, 1.807) is 24.0 Å². The van der Waals surface area contributed by atoms with Crippen molar-refractivity contribution in [1.82, 2.24) is 19.9 Å². The molecule has 5 rings (SSSR count). The van der Waals surface area contributed by atoms with Crippen molar-refractivity contribution >= 4 is 5.91 Å². The first kappa shape index (κ1) is 20.8. The average molecular weight is 435 g/mol. The van der Waals surface area contributed by atoms with E-state index in [1.807, 2.05) is 24.0 Å². The van der Waals surface area contributed by atoms with Crippen molar-refractivity contribution in [2.45, 2.75) is 45.2 Å². The maximum Gasteiger partial charge on any atom is 0.254 e. The van der Waals surface area contributed by atoms with Gasteiger partial charge in [0.2, 0.25) is 0 Å². The maximum absolute atomic E-state index is 14.9. The lowest BCUT2D eigenvalue weighted by Crippen LogP contribution is -2.39. The van der Waals surface area contributed by atoms with Crippen LogP contribution < -0.4 is 0 Å². The van der Waals surface area contributed by atoms with Gasteiger partial charge in [0.15, 0.2) is 0 Å². The molecule has 0 saturated heterocycles. The second-order valence-corrected chi connectivity index (χ2v) is 9.07. The highest BCUT2D eigenvalue weighted by Crippen LogP contribution is 2.36. The topological polar surface area (TPSA) is 71.2 Å². The summed E-state index contributed by atoms with van der Waals surface area (Å²) in [6, 6.07) is 9.24. The van der Waals surface area contributed by atoms with E-state index in [-0.39, 0.29) is 30.3 Å². The number of benzene rings is 2. The van der Waals surface area contributed by atoms with Crippen LogP contribution in [0.1, 0.15) is 51.9 Å². The molecule has 2 atom stereocenters. The van der Waals surface area contributed by atoms with E-state index in [0.29, 0.717) is 35.3 Å². The second kappa shape index (κ2) is 8.13. The number of carbonyl (C=O) groups is 1. The van der Waals surface area contributed by atoms with Crippen LogP contribution in [0.15, 0.2) is 36.5 Å². The van der Waals surface area contributed by atoms with Crippen molar-refractivity contribution < 1.29 is 14.3 Å². The summed E-state index contributed by atoms with van der Waals surface area (Å²) in [6.45, 7) is 2.73. The molecule has 2 aromatic carbocycles. The Morgan fingerprint density at radius 2 is 2.03 bits per heavy atom. The third kappa shape index (κ3) is 3.60. The average Bonchev–Trinajstić information content (AvgIpc) is 3.49. The van der Waals surface area contributed by atoms with Gasteiger partial charge in [-0.3, -0.25) is 9.48 Å². The second-order valence-electron chi connectivity index (χ2n) is 9.07. The van der Waals surface area contributed by atoms with Crippen molar-refractivity contribution in [3.8, 4) is 11.3 Å². The highest BCUT2D eigenvalue weighted by Gasteiger charge is 2.39. The van der Waals surface area contributed by atoms with Gasteiger partial charge in [0.1, 0.15) is 11.5 Å². The van der Waals surface area contributed by atoms with Crippen molar-refractivity contribution in [2.24, 2.45) is 13.0 Å². The van der Waals surface area contributed by atoms with E-state index in [1.165, 1.54) is 6.07 Å². The Balaban J connectivity index is 1.39. The van der Waals surface area contributed by atoms with Gasteiger partial charge in [-0.15, -0.1) is 5.10 Å². The maximum atomic E-state index is 14.9. The number of carbonyl (C=O) groups excluding carboxylic acids is 1. The lowest BCUT2D eigenvalue weighted by atomic mass is 9.95. The van der Waals surface area contributed by atoms with Crippen LogP contribution in [0.3, 0.4) is 0 Å². The first-order valence-electron chi connectivity index (χ1n) is 11.1. The van der Waals surface area contributed by atoms with Crippen LogP contribution in [-0.4, -0.2) is 43.6 Å². The van der Waals surface area contributed by atoms with Crippen LogP contribution in [0.2, 0.25) is 0 Å². The van der Waals surface area contributed by atoms with Gasteiger partial charge in [-0.05, 0) is 54.2 Å². The van der Waals surface area contributed by atoms with Gasteiger partial charge in [0, 0.05) is 49.7 Å². The predicted molar refractivity (Wildman–Crippen MR) is 118 cm³/mol. The zero-order chi connectivity index (χ0) is 22.4. The van der Waals surface area contributed by atoms with Crippen LogP contribution in [0.5, 0.6) is 0 Å². The zero-order valence-corrected chi connectivity index (χ0v) is 18.4.